The van der Waals surface area contributed by atoms with Crippen molar-refractivity contribution >= 4 is 11.9 Å². The van der Waals surface area contributed by atoms with E-state index in [0.717, 1.165) is 55.7 Å². The molecule has 0 unspecified atom stereocenters. The number of rotatable bonds is 5. The lowest BCUT2D eigenvalue weighted by atomic mass is 9.97. The van der Waals surface area contributed by atoms with E-state index in [4.69, 9.17) is 0 Å². The Hall–Kier alpha value is -2.96. The molecule has 3 heterocycles. The molecule has 1 N–H and O–H groups in total. The zero-order valence-corrected chi connectivity index (χ0v) is 19.8. The third kappa shape index (κ3) is 5.34. The van der Waals surface area contributed by atoms with Gasteiger partial charge in [-0.15, -0.1) is 0 Å². The quantitative estimate of drug-likeness (QED) is 0.688. The van der Waals surface area contributed by atoms with Gasteiger partial charge in [0.05, 0.1) is 18.3 Å². The maximum Gasteiger partial charge on any atom is 0.401 e. The number of piperidine rings is 1. The number of nitrogens with zero attached hydrogens (tertiary/aromatic N) is 5. The number of allylic oxidation sites excluding steroid dienone is 1. The number of anilines is 1. The van der Waals surface area contributed by atoms with Crippen molar-refractivity contribution in [1.29, 1.82) is 5.26 Å². The molecule has 1 saturated heterocycles. The first-order chi connectivity index (χ1) is 16.8. The van der Waals surface area contributed by atoms with Gasteiger partial charge in [0.15, 0.2) is 0 Å². The summed E-state index contributed by atoms with van der Waals surface area (Å²) in [5, 5.41) is 12.7. The van der Waals surface area contributed by atoms with Crippen LogP contribution in [0.3, 0.4) is 0 Å². The summed E-state index contributed by atoms with van der Waals surface area (Å²) in [4.78, 5) is 12.6. The summed E-state index contributed by atoms with van der Waals surface area (Å²) in [6.45, 7) is 4.54. The van der Waals surface area contributed by atoms with Crippen LogP contribution in [0.2, 0.25) is 0 Å². The summed E-state index contributed by atoms with van der Waals surface area (Å²) in [6.07, 6.45) is 2.43. The zero-order valence-electron chi connectivity index (χ0n) is 19.8. The van der Waals surface area contributed by atoms with Crippen LogP contribution in [0.5, 0.6) is 0 Å². The lowest BCUT2D eigenvalue weighted by Gasteiger charge is -2.34. The Balaban J connectivity index is 1.19. The van der Waals surface area contributed by atoms with E-state index in [2.05, 4.69) is 45.3 Å². The van der Waals surface area contributed by atoms with Gasteiger partial charge in [0.1, 0.15) is 12.1 Å². The monoisotopic (exact) mass is 482 g/mol. The van der Waals surface area contributed by atoms with Crippen molar-refractivity contribution in [2.45, 2.75) is 57.9 Å². The molecule has 184 valence electrons. The van der Waals surface area contributed by atoms with Gasteiger partial charge in [-0.05, 0) is 48.1 Å². The van der Waals surface area contributed by atoms with Gasteiger partial charge in [-0.1, -0.05) is 12.1 Å². The lowest BCUT2D eigenvalue weighted by molar-refractivity contribution is -0.147. The summed E-state index contributed by atoms with van der Waals surface area (Å²) in [5.41, 5.74) is 7.43. The Morgan fingerprint density at radius 2 is 1.94 bits per heavy atom. The highest BCUT2D eigenvalue weighted by atomic mass is 19.4. The van der Waals surface area contributed by atoms with Crippen LogP contribution in [0.15, 0.2) is 24.0 Å². The molecule has 5 rings (SSSR count). The second kappa shape index (κ2) is 9.59. The number of halogens is 3. The summed E-state index contributed by atoms with van der Waals surface area (Å²) in [6, 6.07) is 6.84. The Labute approximate surface area is 203 Å². The number of aromatic nitrogens is 2. The maximum atomic E-state index is 12.9. The van der Waals surface area contributed by atoms with Crippen molar-refractivity contribution < 1.29 is 13.2 Å². The summed E-state index contributed by atoms with van der Waals surface area (Å²) < 4.78 is 38.7. The van der Waals surface area contributed by atoms with E-state index in [1.54, 1.807) is 0 Å². The molecule has 0 amide bonds. The van der Waals surface area contributed by atoms with Crippen LogP contribution >= 0.6 is 0 Å². The van der Waals surface area contributed by atoms with Crippen LogP contribution in [0.4, 0.5) is 19.0 Å². The lowest BCUT2D eigenvalue weighted by Crippen LogP contribution is -2.40. The Bertz CT molecular complexity index is 1170. The van der Waals surface area contributed by atoms with Crippen molar-refractivity contribution in [3.05, 3.63) is 57.5 Å². The molecule has 35 heavy (non-hydrogen) atoms. The highest BCUT2D eigenvalue weighted by Gasteiger charge is 2.33. The first-order valence-corrected chi connectivity index (χ1v) is 12.1. The van der Waals surface area contributed by atoms with Crippen LogP contribution < -0.4 is 5.32 Å². The molecule has 6 nitrogen and oxygen atoms in total. The van der Waals surface area contributed by atoms with Gasteiger partial charge >= 0.3 is 6.18 Å². The van der Waals surface area contributed by atoms with Gasteiger partial charge in [0.25, 0.3) is 0 Å². The third-order valence-corrected chi connectivity index (χ3v) is 7.37. The SMILES string of the molecule is Cc1c(CN2CCC(Nc3ncnc4c3CN(CC(F)(F)F)CC4)CC2)ccc2c1C=C(C#N)C2. The van der Waals surface area contributed by atoms with Crippen molar-refractivity contribution in [2.75, 3.05) is 31.5 Å². The van der Waals surface area contributed by atoms with Gasteiger partial charge < -0.3 is 5.32 Å². The van der Waals surface area contributed by atoms with Crippen molar-refractivity contribution in [3.63, 3.8) is 0 Å². The van der Waals surface area contributed by atoms with Crippen LogP contribution in [-0.4, -0.2) is 58.2 Å². The molecule has 0 atom stereocenters. The average molecular weight is 483 g/mol. The topological polar surface area (TPSA) is 68.1 Å². The number of nitriles is 1. The van der Waals surface area contributed by atoms with Gasteiger partial charge in [-0.2, -0.15) is 18.4 Å². The van der Waals surface area contributed by atoms with Crippen molar-refractivity contribution in [2.24, 2.45) is 0 Å². The largest absolute Gasteiger partial charge is 0.401 e. The van der Waals surface area contributed by atoms with E-state index < -0.39 is 12.7 Å². The number of hydrogen-bond donors (Lipinski definition) is 1. The Morgan fingerprint density at radius 1 is 1.14 bits per heavy atom. The Kier molecular flexibility index (Phi) is 6.51. The molecule has 1 fully saturated rings. The van der Waals surface area contributed by atoms with E-state index >= 15 is 0 Å². The van der Waals surface area contributed by atoms with E-state index in [1.807, 2.05) is 6.08 Å². The molecule has 0 spiro atoms. The maximum absolute atomic E-state index is 12.9. The molecule has 0 radical (unpaired) electrons. The van der Waals surface area contributed by atoms with Crippen LogP contribution in [0, 0.1) is 18.3 Å². The van der Waals surface area contributed by atoms with Gasteiger partial charge in [-0.25, -0.2) is 9.97 Å². The number of hydrogen-bond acceptors (Lipinski definition) is 6. The second-order valence-corrected chi connectivity index (χ2v) is 9.80. The zero-order chi connectivity index (χ0) is 24.6. The first-order valence-electron chi connectivity index (χ1n) is 12.1. The fourth-order valence-electron chi connectivity index (χ4n) is 5.44. The predicted molar refractivity (Wildman–Crippen MR) is 127 cm³/mol. The van der Waals surface area contributed by atoms with Crippen LogP contribution in [0.1, 0.15) is 46.4 Å². The minimum absolute atomic E-state index is 0.219. The van der Waals surface area contributed by atoms with Crippen LogP contribution in [0.25, 0.3) is 6.08 Å². The minimum atomic E-state index is -4.21. The van der Waals surface area contributed by atoms with Gasteiger partial charge in [0, 0.05) is 62.7 Å². The highest BCUT2D eigenvalue weighted by molar-refractivity contribution is 5.70. The number of likely N-dealkylation sites (tertiary alicyclic amines) is 1. The molecule has 2 aromatic rings. The Morgan fingerprint density at radius 3 is 2.69 bits per heavy atom. The molecule has 3 aliphatic rings. The van der Waals surface area contributed by atoms with Gasteiger partial charge in [0.2, 0.25) is 0 Å². The summed E-state index contributed by atoms with van der Waals surface area (Å²) in [5.74, 6) is 0.676. The molecule has 0 saturated carbocycles. The normalized spacial score (nSPS) is 19.1. The molecule has 9 heteroatoms. The third-order valence-electron chi connectivity index (χ3n) is 7.37. The number of fused-ring (bicyclic) bond motifs is 2. The molecular weight excluding hydrogens is 453 g/mol. The standard InChI is InChI=1S/C26H29F3N6/c1-17-20(3-2-19-10-18(12-30)11-22(17)19)13-34-7-4-21(5-8-34)33-25-23-14-35(15-26(27,28)29)9-6-24(23)31-16-32-25/h2-3,11,16,21H,4-10,13-15H2,1H3,(H,31,32,33). The molecular formula is C26H29F3N6. The van der Waals surface area contributed by atoms with Crippen molar-refractivity contribution in [3.8, 4) is 6.07 Å². The fourth-order valence-corrected chi connectivity index (χ4v) is 5.44. The smallest absolute Gasteiger partial charge is 0.367 e. The number of nitrogens with one attached hydrogen (secondary N) is 1. The summed E-state index contributed by atoms with van der Waals surface area (Å²) >= 11 is 0. The average Bonchev–Trinajstić information content (AvgIpc) is 3.26. The fraction of sp³-hybridized carbons (Fsp3) is 0.500. The predicted octanol–water partition coefficient (Wildman–Crippen LogP) is 4.25. The molecule has 2 aliphatic heterocycles. The minimum Gasteiger partial charge on any atom is -0.367 e. The van der Waals surface area contributed by atoms with E-state index in [0.29, 0.717) is 18.8 Å². The molecule has 1 aromatic carbocycles. The first kappa shape index (κ1) is 23.8. The highest BCUT2D eigenvalue weighted by Crippen LogP contribution is 2.31. The molecule has 0 bridgehead atoms. The van der Waals surface area contributed by atoms with Gasteiger partial charge in [-0.3, -0.25) is 9.80 Å². The number of benzene rings is 1. The van der Waals surface area contributed by atoms with E-state index in [1.165, 1.54) is 33.5 Å². The molecule has 1 aromatic heterocycles. The second-order valence-electron chi connectivity index (χ2n) is 9.80. The number of alkyl halides is 3. The van der Waals surface area contributed by atoms with Crippen LogP contribution in [-0.2, 0) is 25.9 Å². The van der Waals surface area contributed by atoms with Crippen molar-refractivity contribution in [1.82, 2.24) is 19.8 Å². The summed E-state index contributed by atoms with van der Waals surface area (Å²) in [7, 11) is 0. The molecule has 1 aliphatic carbocycles. The van der Waals surface area contributed by atoms with E-state index in [9.17, 15) is 18.4 Å². The van der Waals surface area contributed by atoms with E-state index in [-0.39, 0.29) is 12.6 Å².